The molecule has 0 fully saturated rings. The van der Waals surface area contributed by atoms with Gasteiger partial charge in [0.15, 0.2) is 0 Å². The van der Waals surface area contributed by atoms with Gasteiger partial charge in [0.2, 0.25) is 11.8 Å². The number of nitrogens with zero attached hydrogens (tertiary/aromatic N) is 1. The molecule has 2 aromatic rings. The molecule has 0 spiro atoms. The number of hydrogen-bond acceptors (Lipinski definition) is 4. The second-order valence-corrected chi connectivity index (χ2v) is 7.17. The molecule has 2 heterocycles. The number of carbonyl (C=O) groups is 2. The van der Waals surface area contributed by atoms with Crippen LogP contribution in [-0.2, 0) is 22.2 Å². The van der Waals surface area contributed by atoms with Crippen molar-refractivity contribution in [1.29, 1.82) is 0 Å². The molecule has 1 atom stereocenters. The Morgan fingerprint density at radius 2 is 2.07 bits per heavy atom. The highest BCUT2D eigenvalue weighted by atomic mass is 32.2. The molecule has 1 aliphatic rings. The largest absolute Gasteiger partial charge is 0.416 e. The van der Waals surface area contributed by atoms with Crippen LogP contribution in [0.4, 0.5) is 18.9 Å². The fourth-order valence-electron chi connectivity index (χ4n) is 2.58. The van der Waals surface area contributed by atoms with Crippen LogP contribution in [0, 0.1) is 0 Å². The van der Waals surface area contributed by atoms with Gasteiger partial charge in [-0.25, -0.2) is 0 Å². The molecular weight excluding hydrogens is 379 g/mol. The average Bonchev–Trinajstić information content (AvgIpc) is 2.62. The summed E-state index contributed by atoms with van der Waals surface area (Å²) in [5, 5.41) is 4.50. The van der Waals surface area contributed by atoms with E-state index in [2.05, 4.69) is 15.6 Å². The van der Waals surface area contributed by atoms with Gasteiger partial charge in [0.1, 0.15) is 0 Å². The maximum atomic E-state index is 12.8. The Bertz CT molecular complexity index is 843. The highest BCUT2D eigenvalue weighted by molar-refractivity contribution is 8.01. The van der Waals surface area contributed by atoms with E-state index in [1.807, 2.05) is 12.1 Å². The van der Waals surface area contributed by atoms with Gasteiger partial charge in [0.25, 0.3) is 0 Å². The number of fused-ring (bicyclic) bond motifs is 1. The number of thioether (sulfide) groups is 1. The molecule has 2 N–H and O–H groups in total. The fourth-order valence-corrected chi connectivity index (χ4v) is 3.67. The van der Waals surface area contributed by atoms with Crippen molar-refractivity contribution in [3.63, 3.8) is 0 Å². The Morgan fingerprint density at radius 3 is 2.78 bits per heavy atom. The molecule has 9 heteroatoms. The molecule has 0 bridgehead atoms. The normalized spacial score (nSPS) is 16.4. The number of pyridine rings is 1. The Morgan fingerprint density at radius 1 is 1.26 bits per heavy atom. The van der Waals surface area contributed by atoms with Gasteiger partial charge < -0.3 is 10.6 Å². The summed E-state index contributed by atoms with van der Waals surface area (Å²) in [6.07, 6.45) is -2.30. The van der Waals surface area contributed by atoms with E-state index < -0.39 is 22.9 Å². The number of carbonyl (C=O) groups excluding carboxylic acids is 2. The quantitative estimate of drug-likeness (QED) is 0.815. The summed E-state index contributed by atoms with van der Waals surface area (Å²) in [5.41, 5.74) is 0.136. The topological polar surface area (TPSA) is 71.1 Å². The van der Waals surface area contributed by atoms with Crippen LogP contribution in [0.3, 0.4) is 0 Å². The summed E-state index contributed by atoms with van der Waals surface area (Å²) in [7, 11) is 0. The Labute approximate surface area is 157 Å². The second kappa shape index (κ2) is 7.99. The number of nitrogens with one attached hydrogen (secondary N) is 2. The predicted octanol–water partition coefficient (Wildman–Crippen LogP) is 3.26. The number of rotatable bonds is 5. The van der Waals surface area contributed by atoms with Gasteiger partial charge in [-0.3, -0.25) is 14.6 Å². The van der Waals surface area contributed by atoms with E-state index in [0.29, 0.717) is 17.9 Å². The number of halogens is 3. The van der Waals surface area contributed by atoms with Gasteiger partial charge >= 0.3 is 6.18 Å². The lowest BCUT2D eigenvalue weighted by molar-refractivity contribution is -0.137. The number of benzene rings is 1. The van der Waals surface area contributed by atoms with E-state index in [1.165, 1.54) is 6.07 Å². The van der Waals surface area contributed by atoms with E-state index >= 15 is 0 Å². The lowest BCUT2D eigenvalue weighted by atomic mass is 10.1. The van der Waals surface area contributed by atoms with E-state index in [-0.39, 0.29) is 18.0 Å². The summed E-state index contributed by atoms with van der Waals surface area (Å²) >= 11 is 1.09. The van der Waals surface area contributed by atoms with E-state index in [0.717, 1.165) is 29.6 Å². The number of hydrogen-bond donors (Lipinski definition) is 2. The Balaban J connectivity index is 1.55. The first-order valence-corrected chi connectivity index (χ1v) is 9.06. The van der Waals surface area contributed by atoms with Crippen molar-refractivity contribution >= 4 is 29.3 Å². The molecule has 5 nitrogen and oxygen atoms in total. The van der Waals surface area contributed by atoms with Crippen molar-refractivity contribution in [2.24, 2.45) is 0 Å². The van der Waals surface area contributed by atoms with Gasteiger partial charge in [-0.15, -0.1) is 11.8 Å². The molecule has 0 saturated carbocycles. The van der Waals surface area contributed by atoms with Crippen LogP contribution in [0.25, 0.3) is 0 Å². The van der Waals surface area contributed by atoms with Gasteiger partial charge in [-0.2, -0.15) is 13.2 Å². The van der Waals surface area contributed by atoms with Crippen LogP contribution in [0.15, 0.2) is 47.5 Å². The second-order valence-electron chi connectivity index (χ2n) is 5.93. The van der Waals surface area contributed by atoms with Crippen molar-refractivity contribution in [1.82, 2.24) is 10.3 Å². The summed E-state index contributed by atoms with van der Waals surface area (Å²) in [4.78, 5) is 28.9. The number of amides is 2. The van der Waals surface area contributed by atoms with Crippen molar-refractivity contribution in [3.8, 4) is 0 Å². The van der Waals surface area contributed by atoms with Crippen LogP contribution in [-0.4, -0.2) is 28.6 Å². The molecule has 0 radical (unpaired) electrons. The Hall–Kier alpha value is -2.55. The minimum atomic E-state index is -4.48. The molecule has 0 saturated heterocycles. The molecule has 1 unspecified atom stereocenters. The molecule has 27 heavy (non-hydrogen) atoms. The first kappa shape index (κ1) is 19.2. The SMILES string of the molecule is O=C(CC1Sc2ccc(C(F)(F)F)cc2NC1=O)NCCc1ccccn1. The lowest BCUT2D eigenvalue weighted by Gasteiger charge is -2.24. The van der Waals surface area contributed by atoms with Crippen LogP contribution in [0.5, 0.6) is 0 Å². The third-order valence-corrected chi connectivity index (χ3v) is 5.20. The van der Waals surface area contributed by atoms with Crippen LogP contribution >= 0.6 is 11.8 Å². The molecule has 1 aromatic heterocycles. The molecule has 1 aliphatic heterocycles. The molecular formula is C18H16F3N3O2S. The van der Waals surface area contributed by atoms with Crippen molar-refractivity contribution in [2.75, 3.05) is 11.9 Å². The van der Waals surface area contributed by atoms with Crippen molar-refractivity contribution in [2.45, 2.75) is 29.2 Å². The van der Waals surface area contributed by atoms with Gasteiger partial charge in [0.05, 0.1) is 16.5 Å². The molecule has 142 valence electrons. The highest BCUT2D eigenvalue weighted by Crippen LogP contribution is 2.40. The standard InChI is InChI=1S/C18H16F3N3O2S/c19-18(20,21)11-4-5-14-13(9-11)24-17(26)15(27-14)10-16(25)23-8-6-12-3-1-2-7-22-12/h1-5,7,9,15H,6,8,10H2,(H,23,25)(H,24,26). The maximum absolute atomic E-state index is 12.8. The third-order valence-electron chi connectivity index (χ3n) is 3.93. The predicted molar refractivity (Wildman–Crippen MR) is 95.3 cm³/mol. The molecule has 2 amide bonds. The first-order chi connectivity index (χ1) is 12.8. The number of alkyl halides is 3. The van der Waals surface area contributed by atoms with E-state index in [4.69, 9.17) is 0 Å². The number of aromatic nitrogens is 1. The van der Waals surface area contributed by atoms with Gasteiger partial charge in [-0.05, 0) is 30.3 Å². The highest BCUT2D eigenvalue weighted by Gasteiger charge is 2.34. The van der Waals surface area contributed by atoms with Crippen LogP contribution < -0.4 is 10.6 Å². The number of anilines is 1. The smallest absolute Gasteiger partial charge is 0.356 e. The minimum Gasteiger partial charge on any atom is -0.356 e. The zero-order valence-electron chi connectivity index (χ0n) is 14.0. The zero-order chi connectivity index (χ0) is 19.4. The van der Waals surface area contributed by atoms with Gasteiger partial charge in [0, 0.05) is 36.2 Å². The minimum absolute atomic E-state index is 0.0564. The van der Waals surface area contributed by atoms with Crippen LogP contribution in [0.2, 0.25) is 0 Å². The molecule has 1 aromatic carbocycles. The van der Waals surface area contributed by atoms with Crippen molar-refractivity contribution in [3.05, 3.63) is 53.9 Å². The maximum Gasteiger partial charge on any atom is 0.416 e. The van der Waals surface area contributed by atoms with Crippen LogP contribution in [0.1, 0.15) is 17.7 Å². The average molecular weight is 395 g/mol. The zero-order valence-corrected chi connectivity index (χ0v) is 14.9. The van der Waals surface area contributed by atoms with Crippen molar-refractivity contribution < 1.29 is 22.8 Å². The summed E-state index contributed by atoms with van der Waals surface area (Å²) < 4.78 is 38.3. The summed E-state index contributed by atoms with van der Waals surface area (Å²) in [5.74, 6) is -0.777. The summed E-state index contributed by atoms with van der Waals surface area (Å²) in [6, 6.07) is 8.69. The van der Waals surface area contributed by atoms with Gasteiger partial charge in [-0.1, -0.05) is 6.07 Å². The Kier molecular flexibility index (Phi) is 5.69. The fraction of sp³-hybridized carbons (Fsp3) is 0.278. The third kappa shape index (κ3) is 5.00. The molecule has 0 aliphatic carbocycles. The lowest BCUT2D eigenvalue weighted by Crippen LogP contribution is -2.35. The first-order valence-electron chi connectivity index (χ1n) is 8.18. The monoisotopic (exact) mass is 395 g/mol. The van der Waals surface area contributed by atoms with E-state index in [9.17, 15) is 22.8 Å². The molecule has 3 rings (SSSR count). The van der Waals surface area contributed by atoms with E-state index in [1.54, 1.807) is 12.3 Å². The summed E-state index contributed by atoms with van der Waals surface area (Å²) in [6.45, 7) is 0.389.